The molecule has 0 aromatic heterocycles. The van der Waals surface area contributed by atoms with Crippen molar-refractivity contribution in [1.82, 2.24) is 9.80 Å². The molecule has 3 aliphatic rings. The molecule has 0 bridgehead atoms. The van der Waals surface area contributed by atoms with Crippen LogP contribution >= 0.6 is 0 Å². The third kappa shape index (κ3) is 5.24. The number of ether oxygens (including phenoxy) is 1. The molecule has 7 heteroatoms. The predicted octanol–water partition coefficient (Wildman–Crippen LogP) is 2.80. The van der Waals surface area contributed by atoms with Crippen molar-refractivity contribution >= 4 is 15.7 Å². The van der Waals surface area contributed by atoms with Gasteiger partial charge in [-0.2, -0.15) is 0 Å². The molecule has 2 heterocycles. The highest BCUT2D eigenvalue weighted by Gasteiger charge is 2.39. The van der Waals surface area contributed by atoms with Crippen molar-refractivity contribution in [1.29, 1.82) is 0 Å². The molecule has 1 aliphatic carbocycles. The number of hydrogen-bond acceptors (Lipinski definition) is 5. The van der Waals surface area contributed by atoms with Crippen LogP contribution in [0.4, 0.5) is 0 Å². The molecule has 0 N–H and O–H groups in total. The first-order chi connectivity index (χ1) is 14.4. The fourth-order valence-corrected chi connectivity index (χ4v) is 7.06. The Balaban J connectivity index is 1.47. The van der Waals surface area contributed by atoms with Crippen molar-refractivity contribution in [2.24, 2.45) is 0 Å². The summed E-state index contributed by atoms with van der Waals surface area (Å²) in [4.78, 5) is 17.7. The number of hydrogen-bond donors (Lipinski definition) is 0. The van der Waals surface area contributed by atoms with Gasteiger partial charge in [0.25, 0.3) is 0 Å². The Morgan fingerprint density at radius 3 is 2.47 bits per heavy atom. The highest BCUT2D eigenvalue weighted by Crippen LogP contribution is 2.30. The molecule has 2 aliphatic heterocycles. The Kier molecular flexibility index (Phi) is 6.80. The van der Waals surface area contributed by atoms with E-state index in [0.717, 1.165) is 37.8 Å². The van der Waals surface area contributed by atoms with Gasteiger partial charge in [-0.15, -0.1) is 0 Å². The third-order valence-electron chi connectivity index (χ3n) is 6.72. The zero-order valence-corrected chi connectivity index (χ0v) is 18.7. The monoisotopic (exact) mass is 434 g/mol. The molecule has 1 aromatic carbocycles. The molecule has 1 saturated carbocycles. The molecule has 1 amide bonds. The number of amides is 1. The normalized spacial score (nSPS) is 30.2. The smallest absolute Gasteiger partial charge is 0.237 e. The van der Waals surface area contributed by atoms with E-state index >= 15 is 0 Å². The highest BCUT2D eigenvalue weighted by molar-refractivity contribution is 7.91. The number of morpholine rings is 1. The summed E-state index contributed by atoms with van der Waals surface area (Å²) in [6, 6.07) is 10.2. The van der Waals surface area contributed by atoms with Gasteiger partial charge in [-0.05, 0) is 31.7 Å². The van der Waals surface area contributed by atoms with E-state index in [9.17, 15) is 13.2 Å². The number of carbonyl (C=O) groups is 1. The van der Waals surface area contributed by atoms with Crippen LogP contribution < -0.4 is 0 Å². The second-order valence-corrected chi connectivity index (χ2v) is 11.4. The Morgan fingerprint density at radius 2 is 1.80 bits per heavy atom. The van der Waals surface area contributed by atoms with Crippen LogP contribution in [0.1, 0.15) is 57.1 Å². The molecule has 2 saturated heterocycles. The number of rotatable bonds is 5. The van der Waals surface area contributed by atoms with E-state index in [1.165, 1.54) is 6.42 Å². The molecular formula is C23H34N2O4S. The van der Waals surface area contributed by atoms with E-state index in [2.05, 4.69) is 24.0 Å². The summed E-state index contributed by atoms with van der Waals surface area (Å²) in [6.07, 6.45) is 6.03. The van der Waals surface area contributed by atoms with E-state index in [4.69, 9.17) is 4.74 Å². The predicted molar refractivity (Wildman–Crippen MR) is 117 cm³/mol. The van der Waals surface area contributed by atoms with Gasteiger partial charge >= 0.3 is 0 Å². The van der Waals surface area contributed by atoms with Crippen LogP contribution in [0.2, 0.25) is 0 Å². The molecule has 6 nitrogen and oxygen atoms in total. The second kappa shape index (κ2) is 9.37. The maximum absolute atomic E-state index is 13.5. The van der Waals surface area contributed by atoms with Gasteiger partial charge < -0.3 is 9.64 Å². The van der Waals surface area contributed by atoms with Gasteiger partial charge in [0.2, 0.25) is 5.91 Å². The topological polar surface area (TPSA) is 66.9 Å². The van der Waals surface area contributed by atoms with Crippen molar-refractivity contribution in [3.05, 3.63) is 35.9 Å². The lowest BCUT2D eigenvalue weighted by Gasteiger charge is -2.41. The summed E-state index contributed by atoms with van der Waals surface area (Å²) < 4.78 is 30.4. The van der Waals surface area contributed by atoms with Crippen LogP contribution in [0.25, 0.3) is 0 Å². The summed E-state index contributed by atoms with van der Waals surface area (Å²) in [5, 5.41) is 0. The fraction of sp³-hybridized carbons (Fsp3) is 0.696. The fourth-order valence-electron chi connectivity index (χ4n) is 5.35. The van der Waals surface area contributed by atoms with Crippen LogP contribution in [0.15, 0.2) is 30.3 Å². The first kappa shape index (κ1) is 21.8. The largest absolute Gasteiger partial charge is 0.368 e. The van der Waals surface area contributed by atoms with Crippen LogP contribution in [0.3, 0.4) is 0 Å². The standard InChI is InChI=1S/C23H34N2O4S/c1-18-14-24(15-22(29-18)19-8-4-2-5-9-19)16-23(26)25(20-10-6-3-7-11-20)21-12-13-30(27,28)17-21/h2,4-5,8-9,18,20-22H,3,6-7,10-17H2,1H3. The Bertz CT molecular complexity index is 823. The van der Waals surface area contributed by atoms with Gasteiger partial charge in [0.1, 0.15) is 0 Å². The molecule has 4 rings (SSSR count). The maximum Gasteiger partial charge on any atom is 0.237 e. The lowest BCUT2D eigenvalue weighted by atomic mass is 9.92. The second-order valence-electron chi connectivity index (χ2n) is 9.19. The Labute approximate surface area is 180 Å². The lowest BCUT2D eigenvalue weighted by Crippen LogP contribution is -2.54. The summed E-state index contributed by atoms with van der Waals surface area (Å²) in [6.45, 7) is 3.79. The number of benzene rings is 1. The van der Waals surface area contributed by atoms with Crippen molar-refractivity contribution in [2.75, 3.05) is 31.1 Å². The SMILES string of the molecule is CC1CN(CC(=O)N(C2CCCCC2)C2CCS(=O)(=O)C2)CC(c2ccccc2)O1. The summed E-state index contributed by atoms with van der Waals surface area (Å²) in [5.41, 5.74) is 1.13. The number of carbonyl (C=O) groups excluding carboxylic acids is 1. The first-order valence-corrected chi connectivity index (χ1v) is 13.2. The quantitative estimate of drug-likeness (QED) is 0.713. The van der Waals surface area contributed by atoms with E-state index < -0.39 is 9.84 Å². The molecular weight excluding hydrogens is 400 g/mol. The minimum Gasteiger partial charge on any atom is -0.368 e. The van der Waals surface area contributed by atoms with E-state index in [1.807, 2.05) is 23.1 Å². The van der Waals surface area contributed by atoms with Crippen molar-refractivity contribution in [3.8, 4) is 0 Å². The van der Waals surface area contributed by atoms with E-state index in [-0.39, 0.29) is 41.7 Å². The molecule has 3 unspecified atom stereocenters. The van der Waals surface area contributed by atoms with Crippen molar-refractivity contribution < 1.29 is 17.9 Å². The minimum absolute atomic E-state index is 0.0438. The summed E-state index contributed by atoms with van der Waals surface area (Å²) in [5.74, 6) is 0.421. The van der Waals surface area contributed by atoms with Crippen molar-refractivity contribution in [2.45, 2.75) is 69.7 Å². The molecule has 3 atom stereocenters. The molecule has 3 fully saturated rings. The maximum atomic E-state index is 13.5. The van der Waals surface area contributed by atoms with Gasteiger partial charge in [-0.3, -0.25) is 9.69 Å². The first-order valence-electron chi connectivity index (χ1n) is 11.4. The molecule has 30 heavy (non-hydrogen) atoms. The highest BCUT2D eigenvalue weighted by atomic mass is 32.2. The summed E-state index contributed by atoms with van der Waals surface area (Å²) in [7, 11) is -3.03. The zero-order chi connectivity index (χ0) is 21.1. The van der Waals surface area contributed by atoms with Crippen LogP contribution in [-0.4, -0.2) is 73.5 Å². The number of nitrogens with zero attached hydrogens (tertiary/aromatic N) is 2. The van der Waals surface area contributed by atoms with Gasteiger partial charge in [-0.1, -0.05) is 49.6 Å². The van der Waals surface area contributed by atoms with Crippen LogP contribution in [0, 0.1) is 0 Å². The van der Waals surface area contributed by atoms with Gasteiger partial charge in [-0.25, -0.2) is 8.42 Å². The summed E-state index contributed by atoms with van der Waals surface area (Å²) >= 11 is 0. The number of sulfone groups is 1. The van der Waals surface area contributed by atoms with Crippen molar-refractivity contribution in [3.63, 3.8) is 0 Å². The Hall–Kier alpha value is -1.44. The van der Waals surface area contributed by atoms with Crippen LogP contribution in [-0.2, 0) is 19.4 Å². The van der Waals surface area contributed by atoms with Gasteiger partial charge in [0, 0.05) is 25.2 Å². The third-order valence-corrected chi connectivity index (χ3v) is 8.47. The average Bonchev–Trinajstić information content (AvgIpc) is 3.08. The lowest BCUT2D eigenvalue weighted by molar-refractivity contribution is -0.141. The van der Waals surface area contributed by atoms with Gasteiger partial charge in [0.15, 0.2) is 9.84 Å². The zero-order valence-electron chi connectivity index (χ0n) is 17.9. The van der Waals surface area contributed by atoms with Crippen LogP contribution in [0.5, 0.6) is 0 Å². The average molecular weight is 435 g/mol. The molecule has 0 radical (unpaired) electrons. The van der Waals surface area contributed by atoms with Gasteiger partial charge in [0.05, 0.1) is 30.3 Å². The molecule has 0 spiro atoms. The Morgan fingerprint density at radius 1 is 1.07 bits per heavy atom. The minimum atomic E-state index is -3.03. The molecule has 166 valence electrons. The van der Waals surface area contributed by atoms with E-state index in [1.54, 1.807) is 0 Å². The van der Waals surface area contributed by atoms with E-state index in [0.29, 0.717) is 19.5 Å². The molecule has 1 aromatic rings.